The summed E-state index contributed by atoms with van der Waals surface area (Å²) in [6, 6.07) is 9.49. The van der Waals surface area contributed by atoms with Crippen LogP contribution >= 0.6 is 15.9 Å². The predicted molar refractivity (Wildman–Crippen MR) is 85.8 cm³/mol. The van der Waals surface area contributed by atoms with Crippen LogP contribution in [0.2, 0.25) is 0 Å². The highest BCUT2D eigenvalue weighted by molar-refractivity contribution is 9.08. The van der Waals surface area contributed by atoms with E-state index in [4.69, 9.17) is 0 Å². The molecule has 0 saturated carbocycles. The van der Waals surface area contributed by atoms with Gasteiger partial charge in [-0.05, 0) is 54.8 Å². The Balaban J connectivity index is 2.38. The van der Waals surface area contributed by atoms with Crippen molar-refractivity contribution in [2.24, 2.45) is 0 Å². The minimum absolute atomic E-state index is 0.119. The van der Waals surface area contributed by atoms with Gasteiger partial charge in [0.2, 0.25) is 0 Å². The molecule has 0 aliphatic carbocycles. The van der Waals surface area contributed by atoms with Gasteiger partial charge >= 0.3 is 0 Å². The van der Waals surface area contributed by atoms with E-state index < -0.39 is 15.8 Å². The Labute approximate surface area is 132 Å². The van der Waals surface area contributed by atoms with E-state index in [0.29, 0.717) is 22.1 Å². The van der Waals surface area contributed by atoms with Gasteiger partial charge in [0.05, 0.1) is 4.90 Å². The van der Waals surface area contributed by atoms with Crippen molar-refractivity contribution >= 4 is 31.6 Å². The Bertz CT molecular complexity index is 735. The van der Waals surface area contributed by atoms with E-state index in [1.807, 2.05) is 12.1 Å². The maximum Gasteiger partial charge on any atom is 0.262 e. The number of aryl methyl sites for hydroxylation is 2. The third-order valence-electron chi connectivity index (χ3n) is 3.05. The highest BCUT2D eigenvalue weighted by atomic mass is 79.9. The monoisotopic (exact) mass is 371 g/mol. The van der Waals surface area contributed by atoms with Gasteiger partial charge in [-0.25, -0.2) is 12.8 Å². The fourth-order valence-electron chi connectivity index (χ4n) is 2.19. The first-order valence-electron chi connectivity index (χ1n) is 6.28. The molecule has 2 rings (SSSR count). The molecule has 0 atom stereocenters. The zero-order valence-electron chi connectivity index (χ0n) is 11.7. The van der Waals surface area contributed by atoms with Crippen LogP contribution in [0.25, 0.3) is 0 Å². The molecule has 0 radical (unpaired) electrons. The van der Waals surface area contributed by atoms with Crippen molar-refractivity contribution in [2.45, 2.75) is 24.1 Å². The van der Waals surface area contributed by atoms with E-state index >= 15 is 0 Å². The fourth-order valence-corrected chi connectivity index (χ4v) is 4.08. The Morgan fingerprint density at radius 2 is 1.62 bits per heavy atom. The SMILES string of the molecule is Cc1cc(F)cc(C)c1S(=O)(=O)Nc1ccc(CBr)cc1. The normalized spacial score (nSPS) is 11.4. The van der Waals surface area contributed by atoms with Crippen LogP contribution in [-0.2, 0) is 15.4 Å². The number of anilines is 1. The Kier molecular flexibility index (Phi) is 4.68. The number of hydrogen-bond acceptors (Lipinski definition) is 2. The molecule has 6 heteroatoms. The highest BCUT2D eigenvalue weighted by Gasteiger charge is 2.20. The molecule has 0 aliphatic heterocycles. The molecule has 0 bridgehead atoms. The minimum atomic E-state index is -3.74. The Morgan fingerprint density at radius 1 is 1.10 bits per heavy atom. The zero-order chi connectivity index (χ0) is 15.6. The lowest BCUT2D eigenvalue weighted by molar-refractivity contribution is 0.597. The van der Waals surface area contributed by atoms with Crippen molar-refractivity contribution in [1.29, 1.82) is 0 Å². The van der Waals surface area contributed by atoms with Crippen molar-refractivity contribution < 1.29 is 12.8 Å². The van der Waals surface area contributed by atoms with Crippen LogP contribution in [0.3, 0.4) is 0 Å². The molecule has 0 unspecified atom stereocenters. The van der Waals surface area contributed by atoms with E-state index in [1.165, 1.54) is 12.1 Å². The third-order valence-corrected chi connectivity index (χ3v) is 5.39. The topological polar surface area (TPSA) is 46.2 Å². The lowest BCUT2D eigenvalue weighted by atomic mass is 10.1. The van der Waals surface area contributed by atoms with Crippen LogP contribution in [0.1, 0.15) is 16.7 Å². The van der Waals surface area contributed by atoms with Crippen molar-refractivity contribution in [2.75, 3.05) is 4.72 Å². The fraction of sp³-hybridized carbons (Fsp3) is 0.200. The molecule has 112 valence electrons. The molecular weight excluding hydrogens is 357 g/mol. The van der Waals surface area contributed by atoms with E-state index in [2.05, 4.69) is 20.7 Å². The minimum Gasteiger partial charge on any atom is -0.280 e. The number of nitrogens with one attached hydrogen (secondary N) is 1. The summed E-state index contributed by atoms with van der Waals surface area (Å²) in [6.45, 7) is 3.16. The molecule has 21 heavy (non-hydrogen) atoms. The summed E-state index contributed by atoms with van der Waals surface area (Å²) in [7, 11) is -3.74. The number of sulfonamides is 1. The maximum atomic E-state index is 13.3. The van der Waals surface area contributed by atoms with Crippen molar-refractivity contribution in [3.63, 3.8) is 0 Å². The quantitative estimate of drug-likeness (QED) is 0.820. The molecule has 3 nitrogen and oxygen atoms in total. The average Bonchev–Trinajstić information content (AvgIpc) is 2.37. The average molecular weight is 372 g/mol. The van der Waals surface area contributed by atoms with E-state index in [9.17, 15) is 12.8 Å². The van der Waals surface area contributed by atoms with Crippen molar-refractivity contribution in [1.82, 2.24) is 0 Å². The van der Waals surface area contributed by atoms with Gasteiger partial charge in [-0.2, -0.15) is 0 Å². The molecular formula is C15H15BrFNO2S. The van der Waals surface area contributed by atoms with Gasteiger partial charge in [0.15, 0.2) is 0 Å². The second kappa shape index (κ2) is 6.15. The van der Waals surface area contributed by atoms with Gasteiger partial charge in [-0.15, -0.1) is 0 Å². The summed E-state index contributed by atoms with van der Waals surface area (Å²) >= 11 is 3.33. The smallest absolute Gasteiger partial charge is 0.262 e. The van der Waals surface area contributed by atoms with Gasteiger partial charge in [-0.1, -0.05) is 28.1 Å². The second-order valence-corrected chi connectivity index (χ2v) is 6.98. The molecule has 2 aromatic rings. The predicted octanol–water partition coefficient (Wildman–Crippen LogP) is 4.14. The van der Waals surface area contributed by atoms with E-state index in [-0.39, 0.29) is 4.90 Å². The molecule has 0 amide bonds. The zero-order valence-corrected chi connectivity index (χ0v) is 14.1. The summed E-state index contributed by atoms with van der Waals surface area (Å²) in [5.41, 5.74) is 2.30. The van der Waals surface area contributed by atoms with Crippen molar-refractivity contribution in [3.05, 3.63) is 58.9 Å². The van der Waals surface area contributed by atoms with E-state index in [0.717, 1.165) is 5.56 Å². The molecule has 0 spiro atoms. The van der Waals surface area contributed by atoms with Crippen LogP contribution in [0.4, 0.5) is 10.1 Å². The van der Waals surface area contributed by atoms with Gasteiger partial charge in [-0.3, -0.25) is 4.72 Å². The maximum absolute atomic E-state index is 13.3. The second-order valence-electron chi connectivity index (χ2n) is 4.80. The highest BCUT2D eigenvalue weighted by Crippen LogP contribution is 2.24. The van der Waals surface area contributed by atoms with Crippen LogP contribution in [0.5, 0.6) is 0 Å². The first kappa shape index (κ1) is 16.0. The molecule has 2 aromatic carbocycles. The Morgan fingerprint density at radius 3 is 2.10 bits per heavy atom. The van der Waals surface area contributed by atoms with Gasteiger partial charge in [0, 0.05) is 11.0 Å². The number of halogens is 2. The van der Waals surface area contributed by atoms with Crippen LogP contribution in [-0.4, -0.2) is 8.42 Å². The lowest BCUT2D eigenvalue weighted by Gasteiger charge is -2.13. The summed E-state index contributed by atoms with van der Waals surface area (Å²) in [6.07, 6.45) is 0. The van der Waals surface area contributed by atoms with Crippen molar-refractivity contribution in [3.8, 4) is 0 Å². The lowest BCUT2D eigenvalue weighted by Crippen LogP contribution is -2.16. The molecule has 0 aromatic heterocycles. The molecule has 1 N–H and O–H groups in total. The number of rotatable bonds is 4. The summed E-state index contributed by atoms with van der Waals surface area (Å²) < 4.78 is 40.7. The first-order chi connectivity index (χ1) is 9.83. The third kappa shape index (κ3) is 3.63. The van der Waals surface area contributed by atoms with Gasteiger partial charge < -0.3 is 0 Å². The largest absolute Gasteiger partial charge is 0.280 e. The Hall–Kier alpha value is -1.40. The summed E-state index contributed by atoms with van der Waals surface area (Å²) in [5.74, 6) is -0.439. The molecule has 0 heterocycles. The summed E-state index contributed by atoms with van der Waals surface area (Å²) in [4.78, 5) is 0.119. The van der Waals surface area contributed by atoms with E-state index in [1.54, 1.807) is 26.0 Å². The summed E-state index contributed by atoms with van der Waals surface area (Å²) in [5, 5.41) is 0.705. The molecule has 0 fully saturated rings. The standard InChI is InChI=1S/C15H15BrFNO2S/c1-10-7-13(17)8-11(2)15(10)21(19,20)18-14-5-3-12(9-16)4-6-14/h3-8,18H,9H2,1-2H3. The first-order valence-corrected chi connectivity index (χ1v) is 8.88. The number of alkyl halides is 1. The van der Waals surface area contributed by atoms with Gasteiger partial charge in [0.1, 0.15) is 5.82 Å². The molecule has 0 aliphatic rings. The van der Waals surface area contributed by atoms with Crippen LogP contribution in [0.15, 0.2) is 41.3 Å². The van der Waals surface area contributed by atoms with Crippen LogP contribution < -0.4 is 4.72 Å². The number of hydrogen-bond donors (Lipinski definition) is 1. The van der Waals surface area contributed by atoms with Crippen LogP contribution in [0, 0.1) is 19.7 Å². The van der Waals surface area contributed by atoms with Gasteiger partial charge in [0.25, 0.3) is 10.0 Å². The number of benzene rings is 2. The molecule has 0 saturated heterocycles.